The zero-order valence-electron chi connectivity index (χ0n) is 12.7. The molecule has 0 spiro atoms. The molecule has 0 aliphatic carbocycles. The summed E-state index contributed by atoms with van der Waals surface area (Å²) in [5.41, 5.74) is 1.15. The molecule has 2 aliphatic heterocycles. The van der Waals surface area contributed by atoms with E-state index in [4.69, 9.17) is 4.74 Å². The first-order valence-corrected chi connectivity index (χ1v) is 8.05. The van der Waals surface area contributed by atoms with E-state index < -0.39 is 18.6 Å². The average Bonchev–Trinajstić information content (AvgIpc) is 2.97. The Bertz CT molecular complexity index is 570. The predicted molar refractivity (Wildman–Crippen MR) is 79.2 cm³/mol. The van der Waals surface area contributed by atoms with Crippen molar-refractivity contribution in [1.29, 1.82) is 0 Å². The first-order valence-electron chi connectivity index (χ1n) is 7.07. The second-order valence-electron chi connectivity index (χ2n) is 5.40. The van der Waals surface area contributed by atoms with Crippen LogP contribution in [0, 0.1) is 0 Å². The first kappa shape index (κ1) is 17.7. The lowest BCUT2D eigenvalue weighted by atomic mass is 10.2. The molecule has 1 fully saturated rings. The van der Waals surface area contributed by atoms with Crippen LogP contribution in [0.5, 0.6) is 0 Å². The molecule has 0 aromatic heterocycles. The van der Waals surface area contributed by atoms with Crippen LogP contribution >= 0.6 is 11.8 Å². The third-order valence-electron chi connectivity index (χ3n) is 3.14. The first-order chi connectivity index (χ1) is 10.7. The number of fused-ring (bicyclic) bond motifs is 1. The van der Waals surface area contributed by atoms with Gasteiger partial charge in [-0.2, -0.15) is 13.2 Å². The van der Waals surface area contributed by atoms with E-state index in [2.05, 4.69) is 0 Å². The van der Waals surface area contributed by atoms with Crippen molar-refractivity contribution < 1.29 is 27.5 Å². The Morgan fingerprint density at radius 2 is 2.13 bits per heavy atom. The molecule has 2 rings (SSSR count). The van der Waals surface area contributed by atoms with Crippen molar-refractivity contribution in [3.05, 3.63) is 22.4 Å². The number of rotatable bonds is 4. The molecule has 2 aliphatic rings. The fraction of sp³-hybridized carbons (Fsp3) is 0.571. The van der Waals surface area contributed by atoms with E-state index >= 15 is 0 Å². The van der Waals surface area contributed by atoms with Gasteiger partial charge in [0.1, 0.15) is 6.54 Å². The van der Waals surface area contributed by atoms with Gasteiger partial charge in [0.2, 0.25) is 5.91 Å². The summed E-state index contributed by atoms with van der Waals surface area (Å²) in [4.78, 5) is 25.3. The van der Waals surface area contributed by atoms with Gasteiger partial charge in [-0.3, -0.25) is 4.79 Å². The number of nitrogens with zero attached hydrogens (tertiary/aromatic N) is 1. The van der Waals surface area contributed by atoms with Crippen molar-refractivity contribution >= 4 is 23.6 Å². The number of ether oxygens (including phenoxy) is 1. The summed E-state index contributed by atoms with van der Waals surface area (Å²) in [6.07, 6.45) is -3.01. The van der Waals surface area contributed by atoms with E-state index in [0.29, 0.717) is 30.0 Å². The summed E-state index contributed by atoms with van der Waals surface area (Å²) in [6.45, 7) is 2.67. The summed E-state index contributed by atoms with van der Waals surface area (Å²) in [7, 11) is 0. The molecule has 5 nitrogen and oxygen atoms in total. The van der Waals surface area contributed by atoms with E-state index in [1.165, 1.54) is 11.8 Å². The molecule has 128 valence electrons. The number of esters is 1. The maximum Gasteiger partial charge on any atom is 0.405 e. The number of nitrogens with one attached hydrogen (secondary N) is 1. The van der Waals surface area contributed by atoms with Crippen molar-refractivity contribution in [2.45, 2.75) is 32.5 Å². The number of halogens is 3. The van der Waals surface area contributed by atoms with Crippen molar-refractivity contribution in [1.82, 2.24) is 10.2 Å². The Labute approximate surface area is 135 Å². The Morgan fingerprint density at radius 1 is 1.43 bits per heavy atom. The van der Waals surface area contributed by atoms with Crippen molar-refractivity contribution in [2.24, 2.45) is 0 Å². The molecule has 0 saturated carbocycles. The van der Waals surface area contributed by atoms with Gasteiger partial charge in [-0.15, -0.1) is 11.8 Å². The Balaban J connectivity index is 2.04. The fourth-order valence-electron chi connectivity index (χ4n) is 2.24. The number of carbonyl (C=O) groups excluding carboxylic acids is 2. The fourth-order valence-corrected chi connectivity index (χ4v) is 3.49. The molecule has 0 atom stereocenters. The number of hydrogen-bond acceptors (Lipinski definition) is 5. The lowest BCUT2D eigenvalue weighted by Gasteiger charge is -2.14. The van der Waals surface area contributed by atoms with E-state index in [1.807, 2.05) is 0 Å². The molecular formula is C14H17F3N2O3S. The number of carbonyl (C=O) groups is 2. The lowest BCUT2D eigenvalue weighted by molar-refractivity contribution is -0.142. The molecule has 0 unspecified atom stereocenters. The lowest BCUT2D eigenvalue weighted by Crippen LogP contribution is -2.33. The zero-order valence-corrected chi connectivity index (χ0v) is 13.5. The molecule has 0 radical (unpaired) electrons. The highest BCUT2D eigenvalue weighted by Gasteiger charge is 2.35. The molecule has 23 heavy (non-hydrogen) atoms. The largest absolute Gasteiger partial charge is 0.460 e. The molecule has 1 saturated heterocycles. The van der Waals surface area contributed by atoms with Crippen LogP contribution in [-0.2, 0) is 14.3 Å². The molecule has 0 aromatic rings. The van der Waals surface area contributed by atoms with E-state index in [9.17, 15) is 22.8 Å². The van der Waals surface area contributed by atoms with E-state index in [-0.39, 0.29) is 12.1 Å². The number of alkyl halides is 3. The maximum atomic E-state index is 12.1. The SMILES string of the molecule is CC(C)OC(=O)C1=C2SCC(=CC(=O)NCC(F)(F)F)N2CC1. The van der Waals surface area contributed by atoms with Gasteiger partial charge in [0, 0.05) is 30.5 Å². The Morgan fingerprint density at radius 3 is 2.74 bits per heavy atom. The van der Waals surface area contributed by atoms with Gasteiger partial charge >= 0.3 is 12.1 Å². The van der Waals surface area contributed by atoms with Gasteiger partial charge in [0.05, 0.1) is 16.7 Å². The third-order valence-corrected chi connectivity index (χ3v) is 4.32. The zero-order chi connectivity index (χ0) is 17.2. The van der Waals surface area contributed by atoms with Crippen LogP contribution in [0.3, 0.4) is 0 Å². The monoisotopic (exact) mass is 350 g/mol. The highest BCUT2D eigenvalue weighted by Crippen LogP contribution is 2.42. The van der Waals surface area contributed by atoms with Gasteiger partial charge < -0.3 is 15.0 Å². The number of amides is 1. The molecule has 2 heterocycles. The quantitative estimate of drug-likeness (QED) is 0.622. The predicted octanol–water partition coefficient (Wildman–Crippen LogP) is 2.16. The van der Waals surface area contributed by atoms with Gasteiger partial charge in [0.15, 0.2) is 0 Å². The van der Waals surface area contributed by atoms with Gasteiger partial charge in [0.25, 0.3) is 0 Å². The number of thioether (sulfide) groups is 1. The molecular weight excluding hydrogens is 333 g/mol. The summed E-state index contributed by atoms with van der Waals surface area (Å²) in [5.74, 6) is -0.738. The minimum atomic E-state index is -4.44. The second kappa shape index (κ2) is 6.86. The summed E-state index contributed by atoms with van der Waals surface area (Å²) in [5, 5.41) is 2.53. The normalized spacial score (nSPS) is 19.6. The van der Waals surface area contributed by atoms with E-state index in [0.717, 1.165) is 11.1 Å². The molecule has 0 aromatic carbocycles. The van der Waals surface area contributed by atoms with Gasteiger partial charge in [-0.05, 0) is 13.8 Å². The van der Waals surface area contributed by atoms with Gasteiger partial charge in [-0.1, -0.05) is 0 Å². The molecule has 0 bridgehead atoms. The van der Waals surface area contributed by atoms with Crippen LogP contribution in [0.2, 0.25) is 0 Å². The van der Waals surface area contributed by atoms with Crippen molar-refractivity contribution in [3.8, 4) is 0 Å². The summed E-state index contributed by atoms with van der Waals surface area (Å²) in [6, 6.07) is 0. The van der Waals surface area contributed by atoms with Crippen LogP contribution in [0.15, 0.2) is 22.4 Å². The minimum absolute atomic E-state index is 0.223. The molecule has 1 amide bonds. The average molecular weight is 350 g/mol. The van der Waals surface area contributed by atoms with Crippen molar-refractivity contribution in [2.75, 3.05) is 18.8 Å². The van der Waals surface area contributed by atoms with Crippen LogP contribution < -0.4 is 5.32 Å². The van der Waals surface area contributed by atoms with Crippen LogP contribution in [0.4, 0.5) is 13.2 Å². The second-order valence-corrected chi connectivity index (χ2v) is 6.36. The highest BCUT2D eigenvalue weighted by molar-refractivity contribution is 8.03. The third kappa shape index (κ3) is 4.66. The van der Waals surface area contributed by atoms with Crippen LogP contribution in [-0.4, -0.2) is 47.9 Å². The highest BCUT2D eigenvalue weighted by atomic mass is 32.2. The molecule has 1 N–H and O–H groups in total. The summed E-state index contributed by atoms with van der Waals surface area (Å²) >= 11 is 1.38. The Hall–Kier alpha value is -1.64. The Kier molecular flexibility index (Phi) is 5.28. The maximum absolute atomic E-state index is 12.1. The standard InChI is InChI=1S/C14H17F3N2O3S/c1-8(2)22-13(21)10-3-4-19-9(6-23-12(10)19)5-11(20)18-7-14(15,16)17/h5,8H,3-4,6-7H2,1-2H3,(H,18,20). The minimum Gasteiger partial charge on any atom is -0.460 e. The van der Waals surface area contributed by atoms with Crippen LogP contribution in [0.25, 0.3) is 0 Å². The van der Waals surface area contributed by atoms with E-state index in [1.54, 1.807) is 24.1 Å². The van der Waals surface area contributed by atoms with Gasteiger partial charge in [-0.25, -0.2) is 4.79 Å². The summed E-state index contributed by atoms with van der Waals surface area (Å²) < 4.78 is 41.4. The number of hydrogen-bond donors (Lipinski definition) is 1. The molecule has 9 heteroatoms. The smallest absolute Gasteiger partial charge is 0.405 e. The van der Waals surface area contributed by atoms with Crippen molar-refractivity contribution in [3.63, 3.8) is 0 Å². The van der Waals surface area contributed by atoms with Crippen LogP contribution in [0.1, 0.15) is 20.3 Å². The topological polar surface area (TPSA) is 58.6 Å².